The van der Waals surface area contributed by atoms with Crippen LogP contribution in [-0.2, 0) is 4.74 Å². The summed E-state index contributed by atoms with van der Waals surface area (Å²) in [6.45, 7) is 2.27. The summed E-state index contributed by atoms with van der Waals surface area (Å²) in [6, 6.07) is 0.108. The Morgan fingerprint density at radius 3 is 2.93 bits per heavy atom. The molecule has 3 aliphatic heterocycles. The van der Waals surface area contributed by atoms with E-state index in [4.69, 9.17) is 14.7 Å². The van der Waals surface area contributed by atoms with Gasteiger partial charge >= 0.3 is 0 Å². The van der Waals surface area contributed by atoms with Crippen LogP contribution in [0.3, 0.4) is 0 Å². The second-order valence-corrected chi connectivity index (χ2v) is 8.08. The number of unbranched alkanes of at least 4 members (excludes halogenated alkanes) is 3. The average Bonchev–Trinajstić information content (AvgIpc) is 3.44. The van der Waals surface area contributed by atoms with E-state index >= 15 is 0 Å². The highest BCUT2D eigenvalue weighted by atomic mass is 16.5. The summed E-state index contributed by atoms with van der Waals surface area (Å²) in [5.74, 6) is 1.52. The summed E-state index contributed by atoms with van der Waals surface area (Å²) < 4.78 is 5.58. The molecule has 1 aliphatic carbocycles. The van der Waals surface area contributed by atoms with Gasteiger partial charge in [-0.1, -0.05) is 38.7 Å². The van der Waals surface area contributed by atoms with Crippen molar-refractivity contribution in [3.8, 4) is 0 Å². The highest BCUT2D eigenvalue weighted by Gasteiger charge is 2.29. The fraction of sp³-hybridized carbons (Fsp3) is 0.542. The highest BCUT2D eigenvalue weighted by Crippen LogP contribution is 2.36. The third-order valence-electron chi connectivity index (χ3n) is 6.08. The van der Waals surface area contributed by atoms with Gasteiger partial charge in [0, 0.05) is 11.9 Å². The van der Waals surface area contributed by atoms with E-state index in [2.05, 4.69) is 36.2 Å². The molecule has 4 rings (SSSR count). The second-order valence-electron chi connectivity index (χ2n) is 8.08. The normalized spacial score (nSPS) is 29.6. The molecule has 0 N–H and O–H groups in total. The summed E-state index contributed by atoms with van der Waals surface area (Å²) in [7, 11) is 1.71. The Bertz CT molecular complexity index is 798. The third-order valence-corrected chi connectivity index (χ3v) is 6.08. The van der Waals surface area contributed by atoms with Gasteiger partial charge < -0.3 is 4.74 Å². The minimum atomic E-state index is 0.0205. The molecule has 3 heterocycles. The van der Waals surface area contributed by atoms with E-state index in [0.717, 1.165) is 23.6 Å². The van der Waals surface area contributed by atoms with Crippen molar-refractivity contribution in [3.63, 3.8) is 0 Å². The molecule has 3 unspecified atom stereocenters. The number of hydrogen-bond acceptors (Lipinski definition) is 4. The highest BCUT2D eigenvalue weighted by molar-refractivity contribution is 6.11. The summed E-state index contributed by atoms with van der Waals surface area (Å²) in [5.41, 5.74) is 4.70. The SMILES string of the molecule is CCCCCCC1CCCC2=NC(=CC3=NC(C4C=CC=N4)C=C3OC)C=C21. The number of ether oxygens (including phenoxy) is 1. The number of rotatable bonds is 8. The molecular weight excluding hydrogens is 346 g/mol. The standard InChI is InChI=1S/C24H31N3O/c1-3-4-5-6-9-17-10-7-11-20-19(17)14-18(26-20)15-23-24(28-2)16-22(27-23)21-12-8-13-25-21/h8,12-17,21-22H,3-7,9-11H2,1-2H3. The molecule has 4 aliphatic rings. The predicted octanol–water partition coefficient (Wildman–Crippen LogP) is 5.38. The number of nitrogens with zero attached hydrogens (tertiary/aromatic N) is 3. The van der Waals surface area contributed by atoms with E-state index in [1.807, 2.05) is 12.3 Å². The molecule has 0 bridgehead atoms. The maximum Gasteiger partial charge on any atom is 0.142 e. The fourth-order valence-corrected chi connectivity index (χ4v) is 4.57. The van der Waals surface area contributed by atoms with Crippen molar-refractivity contribution in [2.45, 2.75) is 70.4 Å². The Morgan fingerprint density at radius 2 is 2.14 bits per heavy atom. The number of allylic oxidation sites excluding steroid dienone is 4. The van der Waals surface area contributed by atoms with Crippen molar-refractivity contribution in [2.24, 2.45) is 20.9 Å². The lowest BCUT2D eigenvalue weighted by Crippen LogP contribution is -2.17. The van der Waals surface area contributed by atoms with Gasteiger partial charge in [0.25, 0.3) is 0 Å². The van der Waals surface area contributed by atoms with Gasteiger partial charge in [0.05, 0.1) is 24.9 Å². The molecule has 1 saturated carbocycles. The number of aliphatic imine (C=N–C) groups is 3. The first kappa shape index (κ1) is 19.1. The van der Waals surface area contributed by atoms with Crippen LogP contribution < -0.4 is 0 Å². The Hall–Kier alpha value is -2.23. The largest absolute Gasteiger partial charge is 0.495 e. The maximum atomic E-state index is 5.58. The fourth-order valence-electron chi connectivity index (χ4n) is 4.57. The Kier molecular flexibility index (Phi) is 6.04. The van der Waals surface area contributed by atoms with E-state index in [0.29, 0.717) is 5.92 Å². The first-order valence-corrected chi connectivity index (χ1v) is 10.8. The molecule has 0 amide bonds. The monoisotopic (exact) mass is 377 g/mol. The summed E-state index contributed by atoms with van der Waals surface area (Å²) >= 11 is 0. The third kappa shape index (κ3) is 4.11. The quantitative estimate of drug-likeness (QED) is 0.524. The van der Waals surface area contributed by atoms with Crippen molar-refractivity contribution in [3.05, 3.63) is 47.4 Å². The van der Waals surface area contributed by atoms with Gasteiger partial charge in [0.2, 0.25) is 0 Å². The van der Waals surface area contributed by atoms with Crippen LogP contribution in [0.4, 0.5) is 0 Å². The van der Waals surface area contributed by atoms with Crippen LogP contribution >= 0.6 is 0 Å². The maximum absolute atomic E-state index is 5.58. The average molecular weight is 378 g/mol. The van der Waals surface area contributed by atoms with Crippen molar-refractivity contribution in [2.75, 3.05) is 7.11 Å². The molecule has 3 atom stereocenters. The van der Waals surface area contributed by atoms with Gasteiger partial charge in [-0.15, -0.1) is 0 Å². The molecule has 0 aromatic carbocycles. The number of hydrogen-bond donors (Lipinski definition) is 0. The van der Waals surface area contributed by atoms with Crippen molar-refractivity contribution < 1.29 is 4.74 Å². The smallest absolute Gasteiger partial charge is 0.142 e. The first-order chi connectivity index (χ1) is 13.8. The van der Waals surface area contributed by atoms with Crippen LogP contribution in [0.15, 0.2) is 62.4 Å². The van der Waals surface area contributed by atoms with Crippen molar-refractivity contribution >= 4 is 17.6 Å². The van der Waals surface area contributed by atoms with E-state index < -0.39 is 0 Å². The van der Waals surface area contributed by atoms with Crippen LogP contribution in [0.25, 0.3) is 0 Å². The summed E-state index contributed by atoms with van der Waals surface area (Å²) in [4.78, 5) is 14.2. The van der Waals surface area contributed by atoms with Gasteiger partial charge in [0.1, 0.15) is 11.5 Å². The zero-order valence-electron chi connectivity index (χ0n) is 17.1. The number of fused-ring (bicyclic) bond motifs is 1. The molecule has 4 nitrogen and oxygen atoms in total. The summed E-state index contributed by atoms with van der Waals surface area (Å²) in [6.07, 6.45) is 22.7. The lowest BCUT2D eigenvalue weighted by Gasteiger charge is -2.24. The first-order valence-electron chi connectivity index (χ1n) is 10.8. The van der Waals surface area contributed by atoms with Gasteiger partial charge in [-0.05, 0) is 61.5 Å². The molecule has 148 valence electrons. The topological polar surface area (TPSA) is 46.3 Å². The molecule has 1 fully saturated rings. The van der Waals surface area contributed by atoms with E-state index in [9.17, 15) is 0 Å². The second kappa shape index (κ2) is 8.85. The Morgan fingerprint density at radius 1 is 1.21 bits per heavy atom. The van der Waals surface area contributed by atoms with Crippen LogP contribution in [0, 0.1) is 5.92 Å². The van der Waals surface area contributed by atoms with Crippen LogP contribution in [-0.4, -0.2) is 36.8 Å². The summed E-state index contributed by atoms with van der Waals surface area (Å²) in [5, 5.41) is 0. The molecular formula is C24H31N3O. The van der Waals surface area contributed by atoms with Crippen LogP contribution in [0.2, 0.25) is 0 Å². The predicted molar refractivity (Wildman–Crippen MR) is 117 cm³/mol. The van der Waals surface area contributed by atoms with E-state index in [-0.39, 0.29) is 12.1 Å². The number of methoxy groups -OCH3 is 1. The Labute approximate surface area is 168 Å². The minimum absolute atomic E-state index is 0.0205. The molecule has 0 spiro atoms. The molecule has 0 aromatic heterocycles. The van der Waals surface area contributed by atoms with Crippen LogP contribution in [0.1, 0.15) is 58.3 Å². The van der Waals surface area contributed by atoms with Crippen molar-refractivity contribution in [1.29, 1.82) is 0 Å². The molecule has 4 heteroatoms. The molecule has 0 radical (unpaired) electrons. The van der Waals surface area contributed by atoms with E-state index in [1.165, 1.54) is 56.2 Å². The van der Waals surface area contributed by atoms with Gasteiger partial charge in [-0.2, -0.15) is 0 Å². The van der Waals surface area contributed by atoms with Crippen molar-refractivity contribution in [1.82, 2.24) is 0 Å². The van der Waals surface area contributed by atoms with Gasteiger partial charge in [-0.3, -0.25) is 15.0 Å². The van der Waals surface area contributed by atoms with Gasteiger partial charge in [-0.25, -0.2) is 0 Å². The molecule has 28 heavy (non-hydrogen) atoms. The van der Waals surface area contributed by atoms with Gasteiger partial charge in [0.15, 0.2) is 0 Å². The zero-order chi connectivity index (χ0) is 19.3. The Balaban J connectivity index is 1.49. The lowest BCUT2D eigenvalue weighted by molar-refractivity contribution is 0.315. The lowest BCUT2D eigenvalue weighted by atomic mass is 9.80. The van der Waals surface area contributed by atoms with E-state index in [1.54, 1.807) is 7.11 Å². The minimum Gasteiger partial charge on any atom is -0.495 e. The molecule has 0 saturated heterocycles. The van der Waals surface area contributed by atoms with Crippen LogP contribution in [0.5, 0.6) is 0 Å². The molecule has 0 aromatic rings. The zero-order valence-corrected chi connectivity index (χ0v) is 17.1.